The summed E-state index contributed by atoms with van der Waals surface area (Å²) in [5, 5.41) is 20.6. The van der Waals surface area contributed by atoms with Crippen molar-refractivity contribution in [3.05, 3.63) is 41.2 Å². The number of methoxy groups -OCH3 is 2. The van der Waals surface area contributed by atoms with Crippen LogP contribution in [0.5, 0.6) is 23.0 Å². The van der Waals surface area contributed by atoms with E-state index in [9.17, 15) is 15.0 Å². The third-order valence-electron chi connectivity index (χ3n) is 3.20. The van der Waals surface area contributed by atoms with Crippen molar-refractivity contribution in [2.45, 2.75) is 0 Å². The van der Waals surface area contributed by atoms with Gasteiger partial charge in [-0.1, -0.05) is 0 Å². The number of phenolic OH excluding ortho intramolecular Hbond substituents is 2. The number of carbonyl (C=O) groups is 1. The molecule has 9 heteroatoms. The van der Waals surface area contributed by atoms with Crippen LogP contribution in [0.15, 0.2) is 30.0 Å². The Morgan fingerprint density at radius 3 is 1.46 bits per heavy atom. The van der Waals surface area contributed by atoms with Crippen LogP contribution in [0.2, 0.25) is 0 Å². The molecule has 0 radical (unpaired) electrons. The van der Waals surface area contributed by atoms with E-state index in [1.807, 2.05) is 0 Å². The molecule has 2 aromatic carbocycles. The maximum absolute atomic E-state index is 12.8. The normalized spacial score (nSPS) is 10.6. The zero-order valence-electron chi connectivity index (χ0n) is 12.3. The second-order valence-electron chi connectivity index (χ2n) is 4.53. The van der Waals surface area contributed by atoms with Crippen LogP contribution < -0.4 is 9.47 Å². The predicted octanol–water partition coefficient (Wildman–Crippen LogP) is 5.40. The number of benzene rings is 2. The second-order valence-corrected chi connectivity index (χ2v) is 7.83. The van der Waals surface area contributed by atoms with Gasteiger partial charge in [-0.25, -0.2) is 0 Å². The lowest BCUT2D eigenvalue weighted by molar-refractivity contribution is 0.103. The number of rotatable bonds is 4. The number of halogens is 4. The molecule has 0 heterocycles. The van der Waals surface area contributed by atoms with E-state index < -0.39 is 5.78 Å². The molecule has 0 bridgehead atoms. The van der Waals surface area contributed by atoms with E-state index in [4.69, 9.17) is 9.47 Å². The molecule has 0 saturated heterocycles. The summed E-state index contributed by atoms with van der Waals surface area (Å²) in [4.78, 5) is 12.8. The summed E-state index contributed by atoms with van der Waals surface area (Å²) in [5.41, 5.74) is -0.0115. The van der Waals surface area contributed by atoms with Gasteiger partial charge in [-0.3, -0.25) is 4.79 Å². The molecule has 0 aliphatic heterocycles. The number of aromatic hydroxyl groups is 2. The summed E-state index contributed by atoms with van der Waals surface area (Å²) in [6.07, 6.45) is 0. The molecule has 5 nitrogen and oxygen atoms in total. The lowest BCUT2D eigenvalue weighted by atomic mass is 10.0. The third-order valence-corrected chi connectivity index (χ3v) is 5.85. The third kappa shape index (κ3) is 3.31. The molecule has 0 aliphatic rings. The van der Waals surface area contributed by atoms with Crippen LogP contribution >= 0.6 is 63.7 Å². The minimum absolute atomic E-state index is 0.00573. The molecule has 0 fully saturated rings. The van der Waals surface area contributed by atoms with Crippen LogP contribution in [0.4, 0.5) is 0 Å². The van der Waals surface area contributed by atoms with E-state index in [0.717, 1.165) is 0 Å². The smallest absolute Gasteiger partial charge is 0.200 e. The van der Waals surface area contributed by atoms with E-state index in [1.54, 1.807) is 0 Å². The summed E-state index contributed by atoms with van der Waals surface area (Å²) >= 11 is 13.0. The highest BCUT2D eigenvalue weighted by molar-refractivity contribution is 9.11. The van der Waals surface area contributed by atoms with Crippen molar-refractivity contribution >= 4 is 69.5 Å². The maximum Gasteiger partial charge on any atom is 0.200 e. The van der Waals surface area contributed by atoms with Gasteiger partial charge in [-0.05, 0) is 75.9 Å². The van der Waals surface area contributed by atoms with E-state index in [1.165, 1.54) is 26.4 Å². The highest BCUT2D eigenvalue weighted by Crippen LogP contribution is 2.46. The van der Waals surface area contributed by atoms with E-state index in [-0.39, 0.29) is 31.6 Å². The zero-order valence-corrected chi connectivity index (χ0v) is 18.6. The first kappa shape index (κ1) is 19.6. The zero-order chi connectivity index (χ0) is 18.2. The number of ether oxygens (including phenoxy) is 2. The largest absolute Gasteiger partial charge is 0.506 e. The Hall–Kier alpha value is -0.770. The predicted molar refractivity (Wildman–Crippen MR) is 104 cm³/mol. The summed E-state index contributed by atoms with van der Waals surface area (Å²) in [7, 11) is 2.88. The number of ketones is 1. The molecule has 128 valence electrons. The molecule has 2 aromatic rings. The fourth-order valence-corrected chi connectivity index (χ4v) is 4.94. The Labute approximate surface area is 171 Å². The lowest BCUT2D eigenvalue weighted by Gasteiger charge is -2.14. The first-order valence-electron chi connectivity index (χ1n) is 6.29. The Kier molecular flexibility index (Phi) is 6.22. The van der Waals surface area contributed by atoms with Crippen LogP contribution in [-0.2, 0) is 0 Å². The number of hydrogen-bond acceptors (Lipinski definition) is 5. The Balaban J connectivity index is 2.67. The monoisotopic (exact) mass is 586 g/mol. The minimum Gasteiger partial charge on any atom is -0.506 e. The molecule has 24 heavy (non-hydrogen) atoms. The first-order chi connectivity index (χ1) is 11.2. The molecule has 2 rings (SSSR count). The molecule has 0 atom stereocenters. The van der Waals surface area contributed by atoms with Gasteiger partial charge in [0.2, 0.25) is 5.78 Å². The molecule has 0 unspecified atom stereocenters. The van der Waals surface area contributed by atoms with Gasteiger partial charge in [0, 0.05) is 0 Å². The molecule has 0 spiro atoms. The Morgan fingerprint density at radius 1 is 0.833 bits per heavy atom. The summed E-state index contributed by atoms with van der Waals surface area (Å²) in [6.45, 7) is 0. The fourth-order valence-electron chi connectivity index (χ4n) is 2.05. The van der Waals surface area contributed by atoms with Crippen LogP contribution in [0.25, 0.3) is 0 Å². The second kappa shape index (κ2) is 7.63. The number of hydrogen-bond donors (Lipinski definition) is 2. The first-order valence-corrected chi connectivity index (χ1v) is 9.46. The van der Waals surface area contributed by atoms with Crippen molar-refractivity contribution in [1.82, 2.24) is 0 Å². The van der Waals surface area contributed by atoms with E-state index in [0.29, 0.717) is 20.4 Å². The fraction of sp³-hybridized carbons (Fsp3) is 0.133. The quantitative estimate of drug-likeness (QED) is 0.468. The van der Waals surface area contributed by atoms with Gasteiger partial charge < -0.3 is 19.7 Å². The van der Waals surface area contributed by atoms with Crippen molar-refractivity contribution in [2.75, 3.05) is 14.2 Å². The highest BCUT2D eigenvalue weighted by Gasteiger charge is 2.26. The molecule has 0 aliphatic carbocycles. The Bertz CT molecular complexity index is 768. The molecule has 2 N–H and O–H groups in total. The lowest BCUT2D eigenvalue weighted by Crippen LogP contribution is -2.05. The van der Waals surface area contributed by atoms with E-state index >= 15 is 0 Å². The van der Waals surface area contributed by atoms with Gasteiger partial charge in [0.15, 0.2) is 11.5 Å². The van der Waals surface area contributed by atoms with Crippen LogP contribution in [0, 0.1) is 0 Å². The van der Waals surface area contributed by atoms with Gasteiger partial charge in [-0.2, -0.15) is 0 Å². The average Bonchev–Trinajstić information content (AvgIpc) is 2.54. The minimum atomic E-state index is -0.571. The van der Waals surface area contributed by atoms with Gasteiger partial charge in [-0.15, -0.1) is 0 Å². The molecule has 0 amide bonds. The van der Waals surface area contributed by atoms with Gasteiger partial charge in [0.1, 0.15) is 20.4 Å². The van der Waals surface area contributed by atoms with Gasteiger partial charge in [0.25, 0.3) is 0 Å². The van der Waals surface area contributed by atoms with Crippen LogP contribution in [0.3, 0.4) is 0 Å². The van der Waals surface area contributed by atoms with Crippen LogP contribution in [-0.4, -0.2) is 30.2 Å². The SMILES string of the molecule is COc1c(Br)cc(C(=O)c2cc(Br)c(OC)c(Br)c2O)c(O)c1Br. The van der Waals surface area contributed by atoms with Crippen molar-refractivity contribution in [1.29, 1.82) is 0 Å². The van der Waals surface area contributed by atoms with Gasteiger partial charge >= 0.3 is 0 Å². The summed E-state index contributed by atoms with van der Waals surface area (Å²) in [5.74, 6) is -0.446. The Morgan fingerprint density at radius 2 is 1.17 bits per heavy atom. The molecule has 0 saturated carbocycles. The number of phenols is 2. The highest BCUT2D eigenvalue weighted by atomic mass is 79.9. The average molecular weight is 590 g/mol. The van der Waals surface area contributed by atoms with Gasteiger partial charge in [0.05, 0.1) is 34.3 Å². The van der Waals surface area contributed by atoms with Crippen LogP contribution in [0.1, 0.15) is 15.9 Å². The molecular formula is C15H10Br4O5. The van der Waals surface area contributed by atoms with Crippen molar-refractivity contribution in [3.63, 3.8) is 0 Å². The topological polar surface area (TPSA) is 76.0 Å². The molecular weight excluding hydrogens is 580 g/mol. The van der Waals surface area contributed by atoms with Crippen molar-refractivity contribution in [2.24, 2.45) is 0 Å². The standard InChI is InChI=1S/C15H10Br4O5/c1-23-14-7(16)3-5(12(21)9(14)18)11(20)6-4-8(17)15(24-2)10(19)13(6)22/h3-4,21-22H,1-2H3. The maximum atomic E-state index is 12.8. The van der Waals surface area contributed by atoms with Crippen molar-refractivity contribution in [3.8, 4) is 23.0 Å². The summed E-state index contributed by atoms with van der Waals surface area (Å²) in [6, 6.07) is 2.85. The van der Waals surface area contributed by atoms with E-state index in [2.05, 4.69) is 63.7 Å². The van der Waals surface area contributed by atoms with Crippen molar-refractivity contribution < 1.29 is 24.5 Å². The summed E-state index contributed by atoms with van der Waals surface area (Å²) < 4.78 is 11.7. The number of carbonyl (C=O) groups excluding carboxylic acids is 1. The molecule has 0 aromatic heterocycles.